The molecule has 0 bridgehead atoms. The summed E-state index contributed by atoms with van der Waals surface area (Å²) in [5, 5.41) is 3.70. The smallest absolute Gasteiger partial charge is 0.243 e. The number of benzene rings is 2. The van der Waals surface area contributed by atoms with Crippen LogP contribution in [0.1, 0.15) is 55.2 Å². The number of hydrogen-bond acceptors (Lipinski definition) is 5. The number of methoxy groups -OCH3 is 2. The van der Waals surface area contributed by atoms with Crippen molar-refractivity contribution in [3.63, 3.8) is 0 Å². The van der Waals surface area contributed by atoms with E-state index in [1.54, 1.807) is 24.6 Å². The number of sulfonamides is 1. The van der Waals surface area contributed by atoms with E-state index < -0.39 is 10.0 Å². The van der Waals surface area contributed by atoms with Gasteiger partial charge in [0, 0.05) is 24.7 Å². The molecule has 1 aliphatic carbocycles. The first kappa shape index (κ1) is 22.3. The zero-order valence-electron chi connectivity index (χ0n) is 19.3. The van der Waals surface area contributed by atoms with E-state index in [-0.39, 0.29) is 12.0 Å². The highest BCUT2D eigenvalue weighted by Crippen LogP contribution is 2.51. The maximum Gasteiger partial charge on any atom is 0.243 e. The molecule has 0 aromatic heterocycles. The summed E-state index contributed by atoms with van der Waals surface area (Å²) in [5.41, 5.74) is 3.21. The lowest BCUT2D eigenvalue weighted by atomic mass is 9.77. The minimum absolute atomic E-state index is 0.102. The highest BCUT2D eigenvalue weighted by molar-refractivity contribution is 7.89. The van der Waals surface area contributed by atoms with Crippen molar-refractivity contribution in [2.45, 2.75) is 49.0 Å². The molecule has 0 saturated carbocycles. The van der Waals surface area contributed by atoms with Crippen molar-refractivity contribution >= 4 is 15.7 Å². The number of allylic oxidation sites excluding steroid dienone is 2. The van der Waals surface area contributed by atoms with Gasteiger partial charge in [-0.2, -0.15) is 4.31 Å². The first-order valence-corrected chi connectivity index (χ1v) is 13.3. The molecule has 1 saturated heterocycles. The molecule has 2 heterocycles. The fraction of sp³-hybridized carbons (Fsp3) is 0.462. The van der Waals surface area contributed by atoms with Crippen LogP contribution >= 0.6 is 0 Å². The molecule has 3 atom stereocenters. The third-order valence-corrected chi connectivity index (χ3v) is 9.20. The Kier molecular flexibility index (Phi) is 6.10. The number of nitrogens with zero attached hydrogens (tertiary/aromatic N) is 1. The van der Waals surface area contributed by atoms with Gasteiger partial charge in [-0.15, -0.1) is 0 Å². The van der Waals surface area contributed by atoms with Crippen molar-refractivity contribution in [3.05, 3.63) is 59.7 Å². The molecule has 2 aromatic rings. The largest absolute Gasteiger partial charge is 0.493 e. The molecule has 2 aliphatic heterocycles. The predicted octanol–water partition coefficient (Wildman–Crippen LogP) is 5.10. The maximum atomic E-state index is 13.4. The van der Waals surface area contributed by atoms with Gasteiger partial charge in [-0.3, -0.25) is 0 Å². The highest BCUT2D eigenvalue weighted by atomic mass is 32.2. The number of nitrogens with one attached hydrogen (secondary N) is 1. The summed E-state index contributed by atoms with van der Waals surface area (Å²) in [6.07, 6.45) is 9.48. The number of anilines is 1. The molecule has 3 aliphatic rings. The lowest BCUT2D eigenvalue weighted by molar-refractivity contribution is 0.353. The van der Waals surface area contributed by atoms with E-state index in [1.165, 1.54) is 0 Å². The molecule has 33 heavy (non-hydrogen) atoms. The van der Waals surface area contributed by atoms with Gasteiger partial charge in [0.15, 0.2) is 11.5 Å². The molecule has 7 heteroatoms. The summed E-state index contributed by atoms with van der Waals surface area (Å²) in [7, 11) is -0.189. The Morgan fingerprint density at radius 3 is 2.42 bits per heavy atom. The minimum Gasteiger partial charge on any atom is -0.493 e. The van der Waals surface area contributed by atoms with E-state index >= 15 is 0 Å². The molecule has 5 rings (SSSR count). The predicted molar refractivity (Wildman–Crippen MR) is 130 cm³/mol. The summed E-state index contributed by atoms with van der Waals surface area (Å²) in [6, 6.07) is 11.8. The van der Waals surface area contributed by atoms with Crippen LogP contribution in [0.3, 0.4) is 0 Å². The van der Waals surface area contributed by atoms with Gasteiger partial charge in [-0.1, -0.05) is 31.1 Å². The topological polar surface area (TPSA) is 67.9 Å². The third kappa shape index (κ3) is 4.02. The van der Waals surface area contributed by atoms with E-state index in [2.05, 4.69) is 23.5 Å². The summed E-state index contributed by atoms with van der Waals surface area (Å²) >= 11 is 0. The first-order chi connectivity index (χ1) is 16.0. The molecular formula is C26H32N2O4S. The SMILES string of the molecule is COc1ccc(C2Nc3ccc(S(=O)(=O)N4CCCCCC4)cc3C3C=CCC32)cc1OC. The van der Waals surface area contributed by atoms with Crippen molar-refractivity contribution in [1.82, 2.24) is 4.31 Å². The van der Waals surface area contributed by atoms with Crippen molar-refractivity contribution in [3.8, 4) is 11.5 Å². The fourth-order valence-corrected chi connectivity index (χ4v) is 7.09. The average molecular weight is 469 g/mol. The Bertz CT molecular complexity index is 1150. The van der Waals surface area contributed by atoms with Crippen molar-refractivity contribution in [1.29, 1.82) is 0 Å². The Morgan fingerprint density at radius 1 is 0.939 bits per heavy atom. The zero-order chi connectivity index (χ0) is 23.0. The molecular weight excluding hydrogens is 436 g/mol. The Balaban J connectivity index is 1.49. The van der Waals surface area contributed by atoms with E-state index in [4.69, 9.17) is 9.47 Å². The van der Waals surface area contributed by atoms with E-state index in [0.29, 0.717) is 35.4 Å². The van der Waals surface area contributed by atoms with Crippen LogP contribution in [0.15, 0.2) is 53.4 Å². The first-order valence-electron chi connectivity index (χ1n) is 11.8. The Hall–Kier alpha value is -2.51. The second-order valence-electron chi connectivity index (χ2n) is 9.16. The standard InChI is InChI=1S/C26H32N2O4S/c1-31-24-13-10-18(16-25(24)32-2)26-21-9-7-8-20(21)22-17-19(11-12-23(22)27-26)33(29,30)28-14-5-3-4-6-15-28/h7-8,10-13,16-17,20-21,26-27H,3-6,9,14-15H2,1-2H3. The molecule has 0 spiro atoms. The van der Waals surface area contributed by atoms with Crippen LogP contribution in [-0.2, 0) is 10.0 Å². The van der Waals surface area contributed by atoms with E-state index in [9.17, 15) is 8.42 Å². The van der Waals surface area contributed by atoms with Gasteiger partial charge >= 0.3 is 0 Å². The van der Waals surface area contributed by atoms with Gasteiger partial charge in [0.25, 0.3) is 0 Å². The van der Waals surface area contributed by atoms with Gasteiger partial charge in [0.05, 0.1) is 25.2 Å². The van der Waals surface area contributed by atoms with Crippen LogP contribution < -0.4 is 14.8 Å². The molecule has 1 fully saturated rings. The van der Waals surface area contributed by atoms with Gasteiger partial charge < -0.3 is 14.8 Å². The number of hydrogen-bond donors (Lipinski definition) is 1. The molecule has 0 radical (unpaired) electrons. The quantitative estimate of drug-likeness (QED) is 0.619. The lowest BCUT2D eigenvalue weighted by Crippen LogP contribution is -2.33. The molecule has 176 valence electrons. The van der Waals surface area contributed by atoms with Crippen LogP contribution in [0, 0.1) is 5.92 Å². The van der Waals surface area contributed by atoms with Crippen LogP contribution in [0.5, 0.6) is 11.5 Å². The Morgan fingerprint density at radius 2 is 1.70 bits per heavy atom. The van der Waals surface area contributed by atoms with Gasteiger partial charge in [0.2, 0.25) is 10.0 Å². The van der Waals surface area contributed by atoms with Crippen LogP contribution in [0.25, 0.3) is 0 Å². The summed E-state index contributed by atoms with van der Waals surface area (Å²) in [6.45, 7) is 1.23. The molecule has 6 nitrogen and oxygen atoms in total. The van der Waals surface area contributed by atoms with Gasteiger partial charge in [-0.25, -0.2) is 8.42 Å². The number of fused-ring (bicyclic) bond motifs is 3. The highest BCUT2D eigenvalue weighted by Gasteiger charge is 2.39. The van der Waals surface area contributed by atoms with Crippen LogP contribution in [-0.4, -0.2) is 40.0 Å². The van der Waals surface area contributed by atoms with Crippen LogP contribution in [0.4, 0.5) is 5.69 Å². The minimum atomic E-state index is -3.48. The lowest BCUT2D eigenvalue weighted by Gasteiger charge is -2.38. The molecule has 3 unspecified atom stereocenters. The second-order valence-corrected chi connectivity index (χ2v) is 11.1. The molecule has 2 aromatic carbocycles. The summed E-state index contributed by atoms with van der Waals surface area (Å²) < 4.78 is 39.4. The Labute approximate surface area is 196 Å². The summed E-state index contributed by atoms with van der Waals surface area (Å²) in [5.74, 6) is 1.91. The van der Waals surface area contributed by atoms with Crippen molar-refractivity contribution in [2.75, 3.05) is 32.6 Å². The van der Waals surface area contributed by atoms with Gasteiger partial charge in [0.1, 0.15) is 0 Å². The molecule has 1 N–H and O–H groups in total. The number of rotatable bonds is 5. The van der Waals surface area contributed by atoms with Crippen LogP contribution in [0.2, 0.25) is 0 Å². The van der Waals surface area contributed by atoms with Crippen molar-refractivity contribution < 1.29 is 17.9 Å². The van der Waals surface area contributed by atoms with E-state index in [1.807, 2.05) is 24.3 Å². The fourth-order valence-electron chi connectivity index (χ4n) is 5.54. The maximum absolute atomic E-state index is 13.4. The zero-order valence-corrected chi connectivity index (χ0v) is 20.1. The molecule has 0 amide bonds. The third-order valence-electron chi connectivity index (χ3n) is 7.30. The van der Waals surface area contributed by atoms with E-state index in [0.717, 1.165) is 48.9 Å². The second kappa shape index (κ2) is 9.03. The normalized spacial score (nSPS) is 25.0. The van der Waals surface area contributed by atoms with Crippen molar-refractivity contribution in [2.24, 2.45) is 5.92 Å². The average Bonchev–Trinajstić information content (AvgIpc) is 3.17. The van der Waals surface area contributed by atoms with Gasteiger partial charge in [-0.05, 0) is 66.6 Å². The summed E-state index contributed by atoms with van der Waals surface area (Å²) in [4.78, 5) is 0.411. The number of ether oxygens (including phenoxy) is 2. The monoisotopic (exact) mass is 468 g/mol.